The summed E-state index contributed by atoms with van der Waals surface area (Å²) in [5, 5.41) is 20.7. The van der Waals surface area contributed by atoms with Gasteiger partial charge in [-0.05, 0) is 56.7 Å². The number of hydrogen-bond acceptors (Lipinski definition) is 7. The molecule has 1 aliphatic carbocycles. The summed E-state index contributed by atoms with van der Waals surface area (Å²) in [5.41, 5.74) is 1.79. The molecule has 0 aliphatic heterocycles. The first-order valence-electron chi connectivity index (χ1n) is 8.66. The number of thioether (sulfide) groups is 1. The largest absolute Gasteiger partial charge is 0.482 e. The summed E-state index contributed by atoms with van der Waals surface area (Å²) in [6, 6.07) is 6.54. The van der Waals surface area contributed by atoms with Crippen LogP contribution in [0, 0.1) is 29.6 Å². The van der Waals surface area contributed by atoms with E-state index in [-0.39, 0.29) is 12.5 Å². The highest BCUT2D eigenvalue weighted by Gasteiger charge is 2.40. The Morgan fingerprint density at radius 1 is 1.50 bits per heavy atom. The van der Waals surface area contributed by atoms with E-state index in [1.807, 2.05) is 13.2 Å². The molecule has 2 unspecified atom stereocenters. The number of hydrogen-bond donors (Lipinski definition) is 2. The molecule has 26 heavy (non-hydrogen) atoms. The Morgan fingerprint density at radius 3 is 2.77 bits per heavy atom. The van der Waals surface area contributed by atoms with Crippen LogP contribution in [0.3, 0.4) is 0 Å². The first-order chi connectivity index (χ1) is 12.5. The molecule has 2 N–H and O–H groups in total. The zero-order valence-corrected chi connectivity index (χ0v) is 16.2. The van der Waals surface area contributed by atoms with Gasteiger partial charge in [0.15, 0.2) is 6.10 Å². The number of nitrogens with one attached hydrogen (secondary N) is 2. The van der Waals surface area contributed by atoms with Crippen LogP contribution in [0.5, 0.6) is 5.75 Å². The lowest BCUT2D eigenvalue weighted by atomic mass is 10.0. The smallest absolute Gasteiger partial charge is 0.327 e. The number of benzene rings is 1. The Hall–Kier alpha value is -2.04. The second-order valence-electron chi connectivity index (χ2n) is 6.22. The summed E-state index contributed by atoms with van der Waals surface area (Å²) < 4.78 is 11.3. The van der Waals surface area contributed by atoms with Gasteiger partial charge in [-0.3, -0.25) is 10.1 Å². The molecule has 0 spiro atoms. The van der Waals surface area contributed by atoms with Crippen molar-refractivity contribution in [2.75, 3.05) is 18.7 Å². The third-order valence-corrected chi connectivity index (χ3v) is 4.65. The Bertz CT molecular complexity index is 698. The maximum atomic E-state index is 12.5. The van der Waals surface area contributed by atoms with E-state index >= 15 is 0 Å². The fraction of sp³-hybridized carbons (Fsp3) is 0.526. The van der Waals surface area contributed by atoms with E-state index in [4.69, 9.17) is 20.1 Å². The highest BCUT2D eigenvalue weighted by molar-refractivity contribution is 7.98. The maximum Gasteiger partial charge on any atom is 0.327 e. The van der Waals surface area contributed by atoms with Crippen molar-refractivity contribution in [3.05, 3.63) is 29.3 Å². The molecular formula is C19H25N3O3S. The van der Waals surface area contributed by atoms with Crippen LogP contribution < -0.4 is 10.1 Å². The molecule has 7 heteroatoms. The Labute approximate surface area is 158 Å². The van der Waals surface area contributed by atoms with E-state index in [1.54, 1.807) is 36.9 Å². The standard InChI is InChI=1S/C19H25N3O3S/c1-4-24-19(23)17(22-11-26-3)18(16(21)13-5-6-13)25-15-8-7-14(10-20)12(2)9-15/h7-9,13,17-18,21-22H,4-6,11H2,1-3H3. The molecule has 140 valence electrons. The molecule has 0 saturated heterocycles. The lowest BCUT2D eigenvalue weighted by molar-refractivity contribution is -0.147. The van der Waals surface area contributed by atoms with E-state index in [9.17, 15) is 4.79 Å². The van der Waals surface area contributed by atoms with Crippen molar-refractivity contribution in [1.29, 1.82) is 10.7 Å². The number of carbonyl (C=O) groups excluding carboxylic acids is 1. The van der Waals surface area contributed by atoms with Gasteiger partial charge in [0.2, 0.25) is 0 Å². The van der Waals surface area contributed by atoms with Gasteiger partial charge in [-0.1, -0.05) is 0 Å². The average molecular weight is 375 g/mol. The minimum Gasteiger partial charge on any atom is -0.482 e. The van der Waals surface area contributed by atoms with Gasteiger partial charge in [-0.15, -0.1) is 11.8 Å². The fourth-order valence-corrected chi connectivity index (χ4v) is 2.98. The van der Waals surface area contributed by atoms with Crippen molar-refractivity contribution in [2.24, 2.45) is 5.92 Å². The van der Waals surface area contributed by atoms with Gasteiger partial charge in [0.05, 0.1) is 24.0 Å². The van der Waals surface area contributed by atoms with Crippen LogP contribution >= 0.6 is 11.8 Å². The lowest BCUT2D eigenvalue weighted by Crippen LogP contribution is -2.53. The van der Waals surface area contributed by atoms with Gasteiger partial charge in [-0.2, -0.15) is 5.26 Å². The topological polar surface area (TPSA) is 95.2 Å². The minimum atomic E-state index is -0.744. The number of ether oxygens (including phenoxy) is 2. The zero-order valence-electron chi connectivity index (χ0n) is 15.4. The molecule has 0 amide bonds. The summed E-state index contributed by atoms with van der Waals surface area (Å²) in [5.74, 6) is 0.834. The first kappa shape index (κ1) is 20.3. The van der Waals surface area contributed by atoms with Crippen LogP contribution in [0.15, 0.2) is 18.2 Å². The predicted molar refractivity (Wildman–Crippen MR) is 103 cm³/mol. The number of esters is 1. The number of nitrogens with zero attached hydrogens (tertiary/aromatic N) is 1. The molecule has 1 fully saturated rings. The van der Waals surface area contributed by atoms with E-state index in [0.717, 1.165) is 18.4 Å². The molecule has 1 aromatic rings. The van der Waals surface area contributed by atoms with Crippen molar-refractivity contribution >= 4 is 23.4 Å². The summed E-state index contributed by atoms with van der Waals surface area (Å²) >= 11 is 1.55. The van der Waals surface area contributed by atoms with Crippen LogP contribution in [0.1, 0.15) is 30.9 Å². The van der Waals surface area contributed by atoms with Crippen molar-refractivity contribution < 1.29 is 14.3 Å². The maximum absolute atomic E-state index is 12.5. The highest BCUT2D eigenvalue weighted by Crippen LogP contribution is 2.33. The van der Waals surface area contributed by atoms with Crippen LogP contribution in [0.25, 0.3) is 0 Å². The van der Waals surface area contributed by atoms with Gasteiger partial charge < -0.3 is 14.9 Å². The summed E-state index contributed by atoms with van der Waals surface area (Å²) in [4.78, 5) is 12.5. The second kappa shape index (κ2) is 9.60. The molecule has 0 aromatic heterocycles. The normalized spacial score (nSPS) is 15.6. The third kappa shape index (κ3) is 5.23. The number of carbonyl (C=O) groups is 1. The SMILES string of the molecule is CCOC(=O)C(NCSC)C(Oc1ccc(C#N)c(C)c1)C(=N)C1CC1. The molecule has 2 atom stereocenters. The van der Waals surface area contributed by atoms with Crippen molar-refractivity contribution in [3.63, 3.8) is 0 Å². The minimum absolute atomic E-state index is 0.160. The molecule has 0 bridgehead atoms. The fourth-order valence-electron chi connectivity index (χ4n) is 2.64. The van der Waals surface area contributed by atoms with Gasteiger partial charge in [0.25, 0.3) is 0 Å². The van der Waals surface area contributed by atoms with Crippen LogP contribution in [-0.2, 0) is 9.53 Å². The Kier molecular flexibility index (Phi) is 7.49. The zero-order chi connectivity index (χ0) is 19.1. The molecule has 1 saturated carbocycles. The highest BCUT2D eigenvalue weighted by atomic mass is 32.2. The molecule has 0 radical (unpaired) electrons. The van der Waals surface area contributed by atoms with Crippen LogP contribution in [0.2, 0.25) is 0 Å². The Morgan fingerprint density at radius 2 is 2.23 bits per heavy atom. The van der Waals surface area contributed by atoms with Gasteiger partial charge in [0.1, 0.15) is 11.8 Å². The molecule has 6 nitrogen and oxygen atoms in total. The number of aryl methyl sites for hydroxylation is 1. The molecule has 1 aromatic carbocycles. The number of rotatable bonds is 10. The molecule has 1 aliphatic rings. The van der Waals surface area contributed by atoms with Gasteiger partial charge in [0, 0.05) is 11.8 Å². The van der Waals surface area contributed by atoms with Gasteiger partial charge >= 0.3 is 5.97 Å². The summed E-state index contributed by atoms with van der Waals surface area (Å²) in [7, 11) is 0. The summed E-state index contributed by atoms with van der Waals surface area (Å²) in [6.07, 6.45) is 3.09. The van der Waals surface area contributed by atoms with E-state index in [1.165, 1.54) is 0 Å². The van der Waals surface area contributed by atoms with Crippen molar-refractivity contribution in [3.8, 4) is 11.8 Å². The molecular weight excluding hydrogens is 350 g/mol. The summed E-state index contributed by atoms with van der Waals surface area (Å²) in [6.45, 7) is 3.87. The quantitative estimate of drug-likeness (QED) is 0.371. The van der Waals surface area contributed by atoms with Crippen LogP contribution in [0.4, 0.5) is 0 Å². The lowest BCUT2D eigenvalue weighted by Gasteiger charge is -2.28. The average Bonchev–Trinajstić information content (AvgIpc) is 3.46. The van der Waals surface area contributed by atoms with E-state index in [0.29, 0.717) is 22.9 Å². The van der Waals surface area contributed by atoms with E-state index in [2.05, 4.69) is 11.4 Å². The number of nitriles is 1. The van der Waals surface area contributed by atoms with Gasteiger partial charge in [-0.25, -0.2) is 0 Å². The van der Waals surface area contributed by atoms with Crippen LogP contribution in [-0.4, -0.2) is 42.6 Å². The third-order valence-electron chi connectivity index (χ3n) is 4.20. The van der Waals surface area contributed by atoms with E-state index < -0.39 is 18.1 Å². The predicted octanol–water partition coefficient (Wildman–Crippen LogP) is 2.89. The molecule has 0 heterocycles. The monoisotopic (exact) mass is 375 g/mol. The van der Waals surface area contributed by atoms with Crippen molar-refractivity contribution in [1.82, 2.24) is 5.32 Å². The Balaban J connectivity index is 2.28. The van der Waals surface area contributed by atoms with Crippen molar-refractivity contribution in [2.45, 2.75) is 38.8 Å². The second-order valence-corrected chi connectivity index (χ2v) is 7.09. The first-order valence-corrected chi connectivity index (χ1v) is 10.1. The molecule has 2 rings (SSSR count).